The summed E-state index contributed by atoms with van der Waals surface area (Å²) in [7, 11) is 0. The second-order valence-corrected chi connectivity index (χ2v) is 7.32. The summed E-state index contributed by atoms with van der Waals surface area (Å²) in [4.78, 5) is 24.4. The number of nitrogens with two attached hydrogens (primary N) is 1. The lowest BCUT2D eigenvalue weighted by Crippen LogP contribution is -2.25. The second-order valence-electron chi connectivity index (χ2n) is 7.32. The number of halogens is 1. The molecule has 0 saturated carbocycles. The maximum absolute atomic E-state index is 13.4. The third-order valence-corrected chi connectivity index (χ3v) is 5.21. The minimum atomic E-state index is -0.583. The first kappa shape index (κ1) is 21.0. The lowest BCUT2D eigenvalue weighted by atomic mass is 10.0. The molecule has 1 heterocycles. The van der Waals surface area contributed by atoms with E-state index < -0.39 is 5.91 Å². The van der Waals surface area contributed by atoms with Crippen LogP contribution in [0, 0.1) is 12.7 Å². The average molecular weight is 428 g/mol. The molecule has 0 bridgehead atoms. The lowest BCUT2D eigenvalue weighted by molar-refractivity contribution is 0.0950. The molecule has 0 atom stereocenters. The summed E-state index contributed by atoms with van der Waals surface area (Å²) in [6, 6.07) is 20.5. The van der Waals surface area contributed by atoms with Gasteiger partial charge < -0.3 is 11.1 Å². The molecular weight excluding hydrogens is 407 g/mol. The Morgan fingerprint density at radius 1 is 0.969 bits per heavy atom. The van der Waals surface area contributed by atoms with Gasteiger partial charge in [-0.2, -0.15) is 5.10 Å². The van der Waals surface area contributed by atoms with Crippen LogP contribution in [0.1, 0.15) is 31.8 Å². The van der Waals surface area contributed by atoms with Crippen molar-refractivity contribution in [1.82, 2.24) is 15.1 Å². The van der Waals surface area contributed by atoms with Crippen LogP contribution in [0.5, 0.6) is 0 Å². The Morgan fingerprint density at radius 2 is 1.66 bits per heavy atom. The number of nitrogens with one attached hydrogen (secondary N) is 1. The Morgan fingerprint density at radius 3 is 2.34 bits per heavy atom. The number of carbonyl (C=O) groups is 2. The molecule has 160 valence electrons. The summed E-state index contributed by atoms with van der Waals surface area (Å²) in [6.45, 7) is 1.88. The van der Waals surface area contributed by atoms with E-state index in [4.69, 9.17) is 5.73 Å². The second kappa shape index (κ2) is 8.85. The molecule has 1 aromatic heterocycles. The maximum Gasteiger partial charge on any atom is 0.251 e. The van der Waals surface area contributed by atoms with Crippen LogP contribution in [0.15, 0.2) is 79.0 Å². The monoisotopic (exact) mass is 428 g/mol. The van der Waals surface area contributed by atoms with Gasteiger partial charge in [0.15, 0.2) is 0 Å². The fourth-order valence-corrected chi connectivity index (χ4v) is 3.52. The first-order valence-corrected chi connectivity index (χ1v) is 10.0. The summed E-state index contributed by atoms with van der Waals surface area (Å²) in [5.41, 5.74) is 9.59. The van der Waals surface area contributed by atoms with Gasteiger partial charge in [-0.05, 0) is 61.0 Å². The third-order valence-electron chi connectivity index (χ3n) is 5.21. The smallest absolute Gasteiger partial charge is 0.251 e. The number of hydrogen-bond donors (Lipinski definition) is 2. The molecule has 0 fully saturated rings. The predicted octanol–water partition coefficient (Wildman–Crippen LogP) is 4.02. The highest BCUT2D eigenvalue weighted by atomic mass is 19.1. The highest BCUT2D eigenvalue weighted by Crippen LogP contribution is 2.24. The number of benzene rings is 3. The molecule has 7 heteroatoms. The number of carbonyl (C=O) groups excluding carboxylic acids is 2. The van der Waals surface area contributed by atoms with E-state index in [9.17, 15) is 14.0 Å². The summed E-state index contributed by atoms with van der Waals surface area (Å²) in [6.07, 6.45) is 1.83. The predicted molar refractivity (Wildman–Crippen MR) is 120 cm³/mol. The van der Waals surface area contributed by atoms with E-state index in [-0.39, 0.29) is 18.3 Å². The Kier molecular flexibility index (Phi) is 5.81. The summed E-state index contributed by atoms with van der Waals surface area (Å²) < 4.78 is 15.1. The van der Waals surface area contributed by atoms with Crippen LogP contribution in [-0.4, -0.2) is 21.6 Å². The zero-order chi connectivity index (χ0) is 22.7. The van der Waals surface area contributed by atoms with Gasteiger partial charge in [0, 0.05) is 35.0 Å². The number of primary amides is 1. The molecular formula is C25H21FN4O2. The first-order valence-electron chi connectivity index (χ1n) is 10.0. The molecule has 0 saturated heterocycles. The van der Waals surface area contributed by atoms with Crippen LogP contribution in [0.4, 0.5) is 4.39 Å². The number of rotatable bonds is 6. The normalized spacial score (nSPS) is 10.7. The molecule has 4 aromatic rings. The van der Waals surface area contributed by atoms with Crippen LogP contribution in [0.2, 0.25) is 0 Å². The Hall–Kier alpha value is -4.26. The van der Waals surface area contributed by atoms with Crippen molar-refractivity contribution in [3.63, 3.8) is 0 Å². The molecule has 32 heavy (non-hydrogen) atoms. The molecule has 0 aliphatic rings. The van der Waals surface area contributed by atoms with Crippen LogP contribution >= 0.6 is 0 Å². The topological polar surface area (TPSA) is 90.0 Å². The molecule has 4 rings (SSSR count). The van der Waals surface area contributed by atoms with Crippen LogP contribution in [0.3, 0.4) is 0 Å². The van der Waals surface area contributed by atoms with E-state index in [2.05, 4.69) is 10.4 Å². The lowest BCUT2D eigenvalue weighted by Gasteiger charge is -2.10. The zero-order valence-electron chi connectivity index (χ0n) is 17.4. The summed E-state index contributed by atoms with van der Waals surface area (Å²) in [5.74, 6) is -1.25. The highest BCUT2D eigenvalue weighted by molar-refractivity contribution is 6.01. The van der Waals surface area contributed by atoms with Crippen molar-refractivity contribution in [2.45, 2.75) is 13.5 Å². The van der Waals surface area contributed by atoms with Crippen molar-refractivity contribution < 1.29 is 14.0 Å². The average Bonchev–Trinajstić information content (AvgIpc) is 3.23. The SMILES string of the molecule is Cc1c(C(N)=O)cccc1C(=O)NCc1cn(-c2ccccc2)nc1-c1ccc(F)cc1. The summed E-state index contributed by atoms with van der Waals surface area (Å²) in [5, 5.41) is 7.56. The fourth-order valence-electron chi connectivity index (χ4n) is 3.52. The zero-order valence-corrected chi connectivity index (χ0v) is 17.4. The van der Waals surface area contributed by atoms with Gasteiger partial charge in [0.25, 0.3) is 5.91 Å². The number of para-hydroxylation sites is 1. The summed E-state index contributed by atoms with van der Waals surface area (Å²) >= 11 is 0. The quantitative estimate of drug-likeness (QED) is 0.486. The van der Waals surface area contributed by atoms with Crippen LogP contribution in [-0.2, 0) is 6.54 Å². The Balaban J connectivity index is 1.65. The molecule has 3 N–H and O–H groups in total. The van der Waals surface area contributed by atoms with Crippen LogP contribution in [0.25, 0.3) is 16.9 Å². The standard InChI is InChI=1S/C25H21FN4O2/c1-16-21(24(27)31)8-5-9-22(16)25(32)28-14-18-15-30(20-6-3-2-4-7-20)29-23(18)17-10-12-19(26)13-11-17/h2-13,15H,14H2,1H3,(H2,27,31)(H,28,32). The van der Waals surface area contributed by atoms with Gasteiger partial charge in [-0.1, -0.05) is 24.3 Å². The van der Waals surface area contributed by atoms with Crippen molar-refractivity contribution in [3.8, 4) is 16.9 Å². The number of hydrogen-bond acceptors (Lipinski definition) is 3. The van der Waals surface area contributed by atoms with E-state index >= 15 is 0 Å². The third kappa shape index (κ3) is 4.27. The molecule has 0 spiro atoms. The highest BCUT2D eigenvalue weighted by Gasteiger charge is 2.17. The van der Waals surface area contributed by atoms with Crippen molar-refractivity contribution >= 4 is 11.8 Å². The largest absolute Gasteiger partial charge is 0.366 e. The van der Waals surface area contributed by atoms with E-state index in [0.717, 1.165) is 16.8 Å². The van der Waals surface area contributed by atoms with Gasteiger partial charge in [-0.3, -0.25) is 9.59 Å². The Bertz CT molecular complexity index is 1280. The van der Waals surface area contributed by atoms with Gasteiger partial charge in [0.1, 0.15) is 5.82 Å². The van der Waals surface area contributed by atoms with E-state index in [0.29, 0.717) is 22.4 Å². The maximum atomic E-state index is 13.4. The van der Waals surface area contributed by atoms with E-state index in [1.165, 1.54) is 12.1 Å². The van der Waals surface area contributed by atoms with Crippen LogP contribution < -0.4 is 11.1 Å². The molecule has 2 amide bonds. The van der Waals surface area contributed by atoms with Gasteiger partial charge in [0.05, 0.1) is 11.4 Å². The van der Waals surface area contributed by atoms with Gasteiger partial charge in [-0.25, -0.2) is 9.07 Å². The number of amides is 2. The van der Waals surface area contributed by atoms with Gasteiger partial charge >= 0.3 is 0 Å². The molecule has 3 aromatic carbocycles. The number of aromatic nitrogens is 2. The van der Waals surface area contributed by atoms with E-state index in [1.54, 1.807) is 41.9 Å². The minimum Gasteiger partial charge on any atom is -0.366 e. The van der Waals surface area contributed by atoms with Gasteiger partial charge in [-0.15, -0.1) is 0 Å². The van der Waals surface area contributed by atoms with E-state index in [1.807, 2.05) is 36.5 Å². The molecule has 0 radical (unpaired) electrons. The Labute approximate surface area is 184 Å². The van der Waals surface area contributed by atoms with Gasteiger partial charge in [0.2, 0.25) is 5.91 Å². The molecule has 6 nitrogen and oxygen atoms in total. The molecule has 0 unspecified atom stereocenters. The first-order chi connectivity index (χ1) is 15.4. The van der Waals surface area contributed by atoms with Crippen molar-refractivity contribution in [3.05, 3.63) is 107 Å². The van der Waals surface area contributed by atoms with Crippen molar-refractivity contribution in [2.75, 3.05) is 0 Å². The molecule has 0 aliphatic carbocycles. The van der Waals surface area contributed by atoms with Crippen molar-refractivity contribution in [2.24, 2.45) is 5.73 Å². The number of nitrogens with zero attached hydrogens (tertiary/aromatic N) is 2. The minimum absolute atomic E-state index is 0.193. The van der Waals surface area contributed by atoms with Crippen molar-refractivity contribution in [1.29, 1.82) is 0 Å². The molecule has 0 aliphatic heterocycles. The fraction of sp³-hybridized carbons (Fsp3) is 0.0800.